The van der Waals surface area contributed by atoms with E-state index in [-0.39, 0.29) is 23.3 Å². The van der Waals surface area contributed by atoms with Gasteiger partial charge in [-0.1, -0.05) is 13.8 Å². The second kappa shape index (κ2) is 4.67. The van der Waals surface area contributed by atoms with Gasteiger partial charge in [-0.15, -0.1) is 0 Å². The molecule has 2 N–H and O–H groups in total. The zero-order chi connectivity index (χ0) is 15.6. The molecule has 1 saturated carbocycles. The first-order valence-corrected chi connectivity index (χ1v) is 8.13. The fourth-order valence-electron chi connectivity index (χ4n) is 4.65. The number of carbonyl (C=O) groups excluding carboxylic acids is 1. The Bertz CT molecular complexity index is 441. The molecule has 5 atom stereocenters. The summed E-state index contributed by atoms with van der Waals surface area (Å²) < 4.78 is 5.80. The normalized spacial score (nSPS) is 46.1. The lowest BCUT2D eigenvalue weighted by atomic mass is 9.47. The van der Waals surface area contributed by atoms with Crippen LogP contribution in [0.4, 0.5) is 0 Å². The Morgan fingerprint density at radius 3 is 2.38 bits per heavy atom. The van der Waals surface area contributed by atoms with Gasteiger partial charge in [0.1, 0.15) is 5.54 Å². The van der Waals surface area contributed by atoms with E-state index >= 15 is 0 Å². The van der Waals surface area contributed by atoms with E-state index in [2.05, 4.69) is 39.6 Å². The van der Waals surface area contributed by atoms with Crippen molar-refractivity contribution in [3.8, 4) is 0 Å². The summed E-state index contributed by atoms with van der Waals surface area (Å²) in [6.45, 7) is 10.8. The number of nitrogens with two attached hydrogens (primary N) is 1. The third-order valence-corrected chi connectivity index (χ3v) is 6.45. The third kappa shape index (κ3) is 1.83. The SMILES string of the molecule is CC1CN(C(=O)C2(N)C3CCOC3C2(C)C)CC(C)N1C. The first-order chi connectivity index (χ1) is 9.71. The Hall–Kier alpha value is -0.650. The molecule has 21 heavy (non-hydrogen) atoms. The molecule has 2 saturated heterocycles. The highest BCUT2D eigenvalue weighted by atomic mass is 16.5. The van der Waals surface area contributed by atoms with Crippen LogP contribution in [0.25, 0.3) is 0 Å². The highest BCUT2D eigenvalue weighted by Crippen LogP contribution is 2.58. The van der Waals surface area contributed by atoms with Crippen LogP contribution >= 0.6 is 0 Å². The molecule has 5 unspecified atom stereocenters. The van der Waals surface area contributed by atoms with Crippen LogP contribution in [0.5, 0.6) is 0 Å². The van der Waals surface area contributed by atoms with E-state index in [1.165, 1.54) is 0 Å². The monoisotopic (exact) mass is 295 g/mol. The number of fused-ring (bicyclic) bond motifs is 1. The van der Waals surface area contributed by atoms with E-state index in [0.29, 0.717) is 12.1 Å². The molecule has 0 bridgehead atoms. The number of hydrogen-bond donors (Lipinski definition) is 1. The summed E-state index contributed by atoms with van der Waals surface area (Å²) in [7, 11) is 2.13. The second-order valence-corrected chi connectivity index (χ2v) is 7.85. The van der Waals surface area contributed by atoms with Crippen molar-refractivity contribution in [2.24, 2.45) is 17.1 Å². The van der Waals surface area contributed by atoms with Gasteiger partial charge in [-0.05, 0) is 27.3 Å². The molecule has 0 aromatic carbocycles. The van der Waals surface area contributed by atoms with Crippen molar-refractivity contribution >= 4 is 5.91 Å². The Morgan fingerprint density at radius 2 is 1.81 bits per heavy atom. The molecule has 2 heterocycles. The molecule has 3 rings (SSSR count). The molecule has 120 valence electrons. The molecule has 0 radical (unpaired) electrons. The first kappa shape index (κ1) is 15.3. The third-order valence-electron chi connectivity index (χ3n) is 6.45. The van der Waals surface area contributed by atoms with E-state index in [0.717, 1.165) is 26.1 Å². The molecule has 0 spiro atoms. The average Bonchev–Trinajstić information content (AvgIpc) is 2.90. The number of amides is 1. The summed E-state index contributed by atoms with van der Waals surface area (Å²) in [4.78, 5) is 17.5. The van der Waals surface area contributed by atoms with Crippen LogP contribution in [0.2, 0.25) is 0 Å². The van der Waals surface area contributed by atoms with Crippen LogP contribution in [-0.2, 0) is 9.53 Å². The number of rotatable bonds is 1. The smallest absolute Gasteiger partial charge is 0.243 e. The fourth-order valence-corrected chi connectivity index (χ4v) is 4.65. The van der Waals surface area contributed by atoms with Gasteiger partial charge >= 0.3 is 0 Å². The Kier molecular flexibility index (Phi) is 3.39. The summed E-state index contributed by atoms with van der Waals surface area (Å²) >= 11 is 0. The standard InChI is InChI=1S/C16H29N3O2/c1-10-8-19(9-11(2)18(10)5)14(20)16(17)12-6-7-21-13(12)15(16,3)4/h10-13H,6-9,17H2,1-5H3. The van der Waals surface area contributed by atoms with Gasteiger partial charge in [-0.2, -0.15) is 0 Å². The molecule has 0 aromatic heterocycles. The molecule has 2 aliphatic heterocycles. The van der Waals surface area contributed by atoms with E-state index in [4.69, 9.17) is 10.5 Å². The predicted molar refractivity (Wildman–Crippen MR) is 81.8 cm³/mol. The number of carbonyl (C=O) groups is 1. The quantitative estimate of drug-likeness (QED) is 0.773. The molecule has 0 aromatic rings. The van der Waals surface area contributed by atoms with Gasteiger partial charge in [0.05, 0.1) is 6.10 Å². The number of hydrogen-bond acceptors (Lipinski definition) is 4. The molecule has 1 amide bonds. The highest BCUT2D eigenvalue weighted by Gasteiger charge is 2.72. The summed E-state index contributed by atoms with van der Waals surface area (Å²) in [5, 5.41) is 0. The predicted octanol–water partition coefficient (Wildman–Crippen LogP) is 0.680. The number of nitrogens with zero attached hydrogens (tertiary/aromatic N) is 2. The minimum absolute atomic E-state index is 0.131. The summed E-state index contributed by atoms with van der Waals surface area (Å²) in [5.41, 5.74) is 5.64. The van der Waals surface area contributed by atoms with E-state index in [1.807, 2.05) is 4.90 Å². The zero-order valence-electron chi connectivity index (χ0n) is 13.9. The topological polar surface area (TPSA) is 58.8 Å². The Labute approximate surface area is 127 Å². The van der Waals surface area contributed by atoms with E-state index in [9.17, 15) is 4.79 Å². The van der Waals surface area contributed by atoms with Crippen LogP contribution in [-0.4, -0.2) is 66.2 Å². The lowest BCUT2D eigenvalue weighted by Gasteiger charge is -2.62. The molecular formula is C16H29N3O2. The molecule has 3 fully saturated rings. The fraction of sp³-hybridized carbons (Fsp3) is 0.938. The van der Waals surface area contributed by atoms with Crippen molar-refractivity contribution in [2.45, 2.75) is 57.8 Å². The van der Waals surface area contributed by atoms with Gasteiger partial charge < -0.3 is 15.4 Å². The summed E-state index contributed by atoms with van der Waals surface area (Å²) in [6, 6.07) is 0.750. The van der Waals surface area contributed by atoms with Gasteiger partial charge in [-0.3, -0.25) is 9.69 Å². The molecule has 1 aliphatic carbocycles. The van der Waals surface area contributed by atoms with Crippen LogP contribution in [0.15, 0.2) is 0 Å². The van der Waals surface area contributed by atoms with Crippen molar-refractivity contribution < 1.29 is 9.53 Å². The minimum atomic E-state index is -0.760. The van der Waals surface area contributed by atoms with Gasteiger partial charge in [0, 0.05) is 43.1 Å². The van der Waals surface area contributed by atoms with Crippen LogP contribution < -0.4 is 5.73 Å². The van der Waals surface area contributed by atoms with Gasteiger partial charge in [0.2, 0.25) is 5.91 Å². The maximum atomic E-state index is 13.2. The zero-order valence-corrected chi connectivity index (χ0v) is 13.9. The summed E-state index contributed by atoms with van der Waals surface area (Å²) in [5.74, 6) is 0.316. The Balaban J connectivity index is 1.82. The van der Waals surface area contributed by atoms with E-state index < -0.39 is 5.54 Å². The maximum Gasteiger partial charge on any atom is 0.243 e. The minimum Gasteiger partial charge on any atom is -0.377 e. The molecule has 5 nitrogen and oxygen atoms in total. The van der Waals surface area contributed by atoms with Gasteiger partial charge in [0.25, 0.3) is 0 Å². The number of ether oxygens (including phenoxy) is 1. The van der Waals surface area contributed by atoms with Crippen LogP contribution in [0, 0.1) is 11.3 Å². The van der Waals surface area contributed by atoms with Crippen LogP contribution in [0.1, 0.15) is 34.1 Å². The number of piperazine rings is 1. The lowest BCUT2D eigenvalue weighted by molar-refractivity contribution is -0.187. The molecular weight excluding hydrogens is 266 g/mol. The van der Waals surface area contributed by atoms with Crippen molar-refractivity contribution in [1.82, 2.24) is 9.80 Å². The van der Waals surface area contributed by atoms with Crippen molar-refractivity contribution in [3.05, 3.63) is 0 Å². The highest BCUT2D eigenvalue weighted by molar-refractivity contribution is 5.89. The lowest BCUT2D eigenvalue weighted by Crippen LogP contribution is -2.81. The van der Waals surface area contributed by atoms with Crippen LogP contribution in [0.3, 0.4) is 0 Å². The van der Waals surface area contributed by atoms with Crippen molar-refractivity contribution in [1.29, 1.82) is 0 Å². The Morgan fingerprint density at radius 1 is 1.24 bits per heavy atom. The molecule has 3 aliphatic rings. The summed E-state index contributed by atoms with van der Waals surface area (Å²) in [6.07, 6.45) is 1.06. The van der Waals surface area contributed by atoms with E-state index in [1.54, 1.807) is 0 Å². The van der Waals surface area contributed by atoms with Gasteiger partial charge in [-0.25, -0.2) is 0 Å². The number of likely N-dealkylation sites (N-methyl/N-ethyl adjacent to an activating group) is 1. The first-order valence-electron chi connectivity index (χ1n) is 8.13. The van der Waals surface area contributed by atoms with Crippen molar-refractivity contribution in [2.75, 3.05) is 26.7 Å². The average molecular weight is 295 g/mol. The largest absolute Gasteiger partial charge is 0.377 e. The maximum absolute atomic E-state index is 13.2. The second-order valence-electron chi connectivity index (χ2n) is 7.85. The molecule has 5 heteroatoms. The van der Waals surface area contributed by atoms with Gasteiger partial charge in [0.15, 0.2) is 0 Å². The van der Waals surface area contributed by atoms with Crippen molar-refractivity contribution in [3.63, 3.8) is 0 Å².